The lowest BCUT2D eigenvalue weighted by Gasteiger charge is -2.02. The maximum Gasteiger partial charge on any atom is 0.123 e. The van der Waals surface area contributed by atoms with Gasteiger partial charge in [-0.2, -0.15) is 0 Å². The van der Waals surface area contributed by atoms with E-state index in [2.05, 4.69) is 13.8 Å². The molecule has 0 saturated carbocycles. The van der Waals surface area contributed by atoms with Crippen LogP contribution in [0.1, 0.15) is 24.4 Å². The number of benzene rings is 1. The first-order valence-corrected chi connectivity index (χ1v) is 7.72. The van der Waals surface area contributed by atoms with E-state index in [1.54, 1.807) is 17.4 Å². The van der Waals surface area contributed by atoms with Crippen molar-refractivity contribution in [3.8, 4) is 10.6 Å². The number of hydrogen-bond acceptors (Lipinski definition) is 3. The molecule has 102 valence electrons. The number of rotatable bonds is 4. The summed E-state index contributed by atoms with van der Waals surface area (Å²) in [6, 6.07) is 5.58. The average molecular weight is 315 g/mol. The van der Waals surface area contributed by atoms with Crippen LogP contribution in [-0.2, 0) is 13.0 Å². The SMILES string of the molecule is CC(C)Cc1nc(-c2ccc(Cl)c(Cl)c2)sc1CN. The Morgan fingerprint density at radius 3 is 2.58 bits per heavy atom. The number of hydrogen-bond donors (Lipinski definition) is 1. The van der Waals surface area contributed by atoms with Crippen molar-refractivity contribution in [2.24, 2.45) is 11.7 Å². The molecule has 2 nitrogen and oxygen atoms in total. The Kier molecular flexibility index (Phi) is 4.85. The number of halogens is 2. The molecule has 1 aromatic heterocycles. The highest BCUT2D eigenvalue weighted by Gasteiger charge is 2.13. The molecule has 2 N–H and O–H groups in total. The van der Waals surface area contributed by atoms with E-state index in [0.717, 1.165) is 27.6 Å². The van der Waals surface area contributed by atoms with E-state index in [0.29, 0.717) is 22.5 Å². The summed E-state index contributed by atoms with van der Waals surface area (Å²) in [6.45, 7) is 4.89. The molecule has 0 amide bonds. The number of nitrogens with two attached hydrogens (primary N) is 1. The quantitative estimate of drug-likeness (QED) is 0.882. The molecular formula is C14H16Cl2N2S. The fourth-order valence-corrected chi connectivity index (χ4v) is 3.10. The van der Waals surface area contributed by atoms with Crippen LogP contribution in [0.4, 0.5) is 0 Å². The van der Waals surface area contributed by atoms with E-state index < -0.39 is 0 Å². The summed E-state index contributed by atoms with van der Waals surface area (Å²) in [5.41, 5.74) is 7.89. The summed E-state index contributed by atoms with van der Waals surface area (Å²) < 4.78 is 0. The predicted octanol–water partition coefficient (Wildman–Crippen LogP) is 4.77. The third kappa shape index (κ3) is 3.48. The van der Waals surface area contributed by atoms with Gasteiger partial charge >= 0.3 is 0 Å². The minimum absolute atomic E-state index is 0.529. The zero-order valence-electron chi connectivity index (χ0n) is 10.9. The van der Waals surface area contributed by atoms with Gasteiger partial charge in [0.05, 0.1) is 15.7 Å². The highest BCUT2D eigenvalue weighted by Crippen LogP contribution is 2.33. The van der Waals surface area contributed by atoms with Gasteiger partial charge in [0, 0.05) is 17.0 Å². The molecular weight excluding hydrogens is 299 g/mol. The second-order valence-electron chi connectivity index (χ2n) is 4.82. The Hall–Kier alpha value is -0.610. The highest BCUT2D eigenvalue weighted by atomic mass is 35.5. The smallest absolute Gasteiger partial charge is 0.123 e. The lowest BCUT2D eigenvalue weighted by Crippen LogP contribution is -2.01. The monoisotopic (exact) mass is 314 g/mol. The molecule has 0 radical (unpaired) electrons. The summed E-state index contributed by atoms with van der Waals surface area (Å²) in [5, 5.41) is 2.06. The van der Waals surface area contributed by atoms with E-state index in [4.69, 9.17) is 33.9 Å². The first-order valence-electron chi connectivity index (χ1n) is 6.15. The lowest BCUT2D eigenvalue weighted by molar-refractivity contribution is 0.634. The molecule has 19 heavy (non-hydrogen) atoms. The zero-order valence-corrected chi connectivity index (χ0v) is 13.2. The molecule has 0 saturated heterocycles. The molecule has 0 bridgehead atoms. The molecule has 0 aliphatic rings. The molecule has 2 aromatic rings. The van der Waals surface area contributed by atoms with Gasteiger partial charge in [-0.3, -0.25) is 0 Å². The van der Waals surface area contributed by atoms with Gasteiger partial charge in [0.1, 0.15) is 5.01 Å². The Morgan fingerprint density at radius 2 is 2.00 bits per heavy atom. The molecule has 0 aliphatic carbocycles. The second-order valence-corrected chi connectivity index (χ2v) is 6.72. The second kappa shape index (κ2) is 6.23. The predicted molar refractivity (Wildman–Crippen MR) is 84.0 cm³/mol. The summed E-state index contributed by atoms with van der Waals surface area (Å²) in [5.74, 6) is 0.564. The summed E-state index contributed by atoms with van der Waals surface area (Å²) >= 11 is 13.6. The molecule has 0 aliphatic heterocycles. The van der Waals surface area contributed by atoms with Gasteiger partial charge in [0.15, 0.2) is 0 Å². The zero-order chi connectivity index (χ0) is 14.0. The van der Waals surface area contributed by atoms with Crippen molar-refractivity contribution < 1.29 is 0 Å². The maximum absolute atomic E-state index is 6.05. The van der Waals surface area contributed by atoms with Crippen LogP contribution >= 0.6 is 34.5 Å². The summed E-state index contributed by atoms with van der Waals surface area (Å²) in [7, 11) is 0. The maximum atomic E-state index is 6.05. The molecule has 0 fully saturated rings. The van der Waals surface area contributed by atoms with Crippen LogP contribution in [-0.4, -0.2) is 4.98 Å². The summed E-state index contributed by atoms with van der Waals surface area (Å²) in [6.07, 6.45) is 0.949. The average Bonchev–Trinajstić information content (AvgIpc) is 2.75. The number of thiazole rings is 1. The van der Waals surface area contributed by atoms with Crippen LogP contribution in [0.3, 0.4) is 0 Å². The van der Waals surface area contributed by atoms with E-state index in [-0.39, 0.29) is 0 Å². The fourth-order valence-electron chi connectivity index (χ4n) is 1.84. The standard InChI is InChI=1S/C14H16Cl2N2S/c1-8(2)5-12-13(7-17)19-14(18-12)9-3-4-10(15)11(16)6-9/h3-4,6,8H,5,7,17H2,1-2H3. The Labute approximate surface area is 127 Å². The molecule has 5 heteroatoms. The van der Waals surface area contributed by atoms with Crippen LogP contribution in [0.2, 0.25) is 10.0 Å². The molecule has 1 heterocycles. The third-order valence-electron chi connectivity index (χ3n) is 2.73. The van der Waals surface area contributed by atoms with Crippen LogP contribution in [0.5, 0.6) is 0 Å². The first kappa shape index (κ1) is 14.8. The Balaban J connectivity index is 2.39. The number of nitrogens with zero attached hydrogens (tertiary/aromatic N) is 1. The van der Waals surface area contributed by atoms with E-state index in [9.17, 15) is 0 Å². The van der Waals surface area contributed by atoms with Crippen molar-refractivity contribution in [3.63, 3.8) is 0 Å². The fraction of sp³-hybridized carbons (Fsp3) is 0.357. The molecule has 0 unspecified atom stereocenters. The highest BCUT2D eigenvalue weighted by molar-refractivity contribution is 7.15. The van der Waals surface area contributed by atoms with Gasteiger partial charge in [-0.15, -0.1) is 11.3 Å². The van der Waals surface area contributed by atoms with Crippen LogP contribution in [0.15, 0.2) is 18.2 Å². The topological polar surface area (TPSA) is 38.9 Å². The van der Waals surface area contributed by atoms with Crippen molar-refractivity contribution in [3.05, 3.63) is 38.8 Å². The van der Waals surface area contributed by atoms with Crippen molar-refractivity contribution >= 4 is 34.5 Å². The van der Waals surface area contributed by atoms with Gasteiger partial charge in [0.25, 0.3) is 0 Å². The van der Waals surface area contributed by atoms with Crippen molar-refractivity contribution in [1.29, 1.82) is 0 Å². The van der Waals surface area contributed by atoms with Gasteiger partial charge in [-0.25, -0.2) is 4.98 Å². The van der Waals surface area contributed by atoms with Crippen LogP contribution in [0, 0.1) is 5.92 Å². The molecule has 0 spiro atoms. The van der Waals surface area contributed by atoms with Crippen LogP contribution < -0.4 is 5.73 Å². The molecule has 1 aromatic carbocycles. The van der Waals surface area contributed by atoms with Crippen molar-refractivity contribution in [2.45, 2.75) is 26.8 Å². The lowest BCUT2D eigenvalue weighted by atomic mass is 10.1. The van der Waals surface area contributed by atoms with Gasteiger partial charge in [0.2, 0.25) is 0 Å². The van der Waals surface area contributed by atoms with Gasteiger partial charge in [-0.1, -0.05) is 43.1 Å². The van der Waals surface area contributed by atoms with E-state index >= 15 is 0 Å². The van der Waals surface area contributed by atoms with Gasteiger partial charge in [-0.05, 0) is 24.5 Å². The molecule has 2 rings (SSSR count). The minimum atomic E-state index is 0.529. The summed E-state index contributed by atoms with van der Waals surface area (Å²) in [4.78, 5) is 5.85. The van der Waals surface area contributed by atoms with Crippen molar-refractivity contribution in [2.75, 3.05) is 0 Å². The third-order valence-corrected chi connectivity index (χ3v) is 4.64. The van der Waals surface area contributed by atoms with Crippen LogP contribution in [0.25, 0.3) is 10.6 Å². The van der Waals surface area contributed by atoms with Gasteiger partial charge < -0.3 is 5.73 Å². The van der Waals surface area contributed by atoms with E-state index in [1.807, 2.05) is 12.1 Å². The normalized spacial score (nSPS) is 11.3. The molecule has 0 atom stereocenters. The largest absolute Gasteiger partial charge is 0.326 e. The first-order chi connectivity index (χ1) is 9.01. The minimum Gasteiger partial charge on any atom is -0.326 e. The number of aromatic nitrogens is 1. The van der Waals surface area contributed by atoms with E-state index in [1.165, 1.54) is 0 Å². The van der Waals surface area contributed by atoms with Crippen molar-refractivity contribution in [1.82, 2.24) is 4.98 Å². The Morgan fingerprint density at radius 1 is 1.26 bits per heavy atom. The Bertz CT molecular complexity index is 579.